The van der Waals surface area contributed by atoms with E-state index in [1.54, 1.807) is 0 Å². The number of aliphatic hydroxyl groups is 1. The van der Waals surface area contributed by atoms with E-state index in [1.165, 1.54) is 51.4 Å². The van der Waals surface area contributed by atoms with Gasteiger partial charge in [0.15, 0.2) is 0 Å². The lowest BCUT2D eigenvalue weighted by molar-refractivity contribution is -0.134. The highest BCUT2D eigenvalue weighted by Crippen LogP contribution is 2.71. The first kappa shape index (κ1) is 8.28. The van der Waals surface area contributed by atoms with Crippen LogP contribution >= 0.6 is 0 Å². The molecule has 1 N–H and O–H groups in total. The monoisotopic (exact) mass is 180 g/mol. The molecule has 3 aliphatic carbocycles. The maximum absolute atomic E-state index is 10.2. The fourth-order valence-corrected chi connectivity index (χ4v) is 4.57. The van der Waals surface area contributed by atoms with Crippen LogP contribution in [-0.4, -0.2) is 11.2 Å². The highest BCUT2D eigenvalue weighted by molar-refractivity contribution is 5.14. The zero-order valence-corrected chi connectivity index (χ0v) is 8.39. The summed E-state index contributed by atoms with van der Waals surface area (Å²) in [5, 5.41) is 10.2. The number of aliphatic hydroxyl groups excluding tert-OH is 1. The van der Waals surface area contributed by atoms with Gasteiger partial charge < -0.3 is 5.11 Å². The molecule has 0 unspecified atom stereocenters. The molecule has 1 nitrogen and oxygen atoms in total. The van der Waals surface area contributed by atoms with Gasteiger partial charge in [0.1, 0.15) is 0 Å². The van der Waals surface area contributed by atoms with Crippen molar-refractivity contribution in [3.8, 4) is 0 Å². The van der Waals surface area contributed by atoms with Gasteiger partial charge in [0.05, 0.1) is 6.10 Å². The normalized spacial score (nSPS) is 54.7. The average molecular weight is 180 g/mol. The van der Waals surface area contributed by atoms with Crippen LogP contribution < -0.4 is 0 Å². The lowest BCUT2D eigenvalue weighted by atomic mass is 9.48. The van der Waals surface area contributed by atoms with Crippen molar-refractivity contribution in [3.05, 3.63) is 0 Å². The highest BCUT2D eigenvalue weighted by Gasteiger charge is 2.64. The molecule has 13 heavy (non-hydrogen) atoms. The third-order valence-corrected chi connectivity index (χ3v) is 5.40. The van der Waals surface area contributed by atoms with E-state index in [0.717, 1.165) is 6.42 Å². The first-order chi connectivity index (χ1) is 6.29. The van der Waals surface area contributed by atoms with E-state index in [4.69, 9.17) is 0 Å². The van der Waals surface area contributed by atoms with Crippen LogP contribution in [0, 0.1) is 10.8 Å². The van der Waals surface area contributed by atoms with Crippen LogP contribution in [0.5, 0.6) is 0 Å². The molecule has 3 saturated carbocycles. The van der Waals surface area contributed by atoms with E-state index >= 15 is 0 Å². The van der Waals surface area contributed by atoms with E-state index < -0.39 is 0 Å². The molecule has 0 amide bonds. The molecular weight excluding hydrogens is 160 g/mol. The maximum Gasteiger partial charge on any atom is 0.0601 e. The SMILES string of the molecule is O[C@@H]1CCCC[C@]23CCC[C@]12CC3. The van der Waals surface area contributed by atoms with Crippen molar-refractivity contribution in [2.75, 3.05) is 0 Å². The van der Waals surface area contributed by atoms with E-state index in [9.17, 15) is 5.11 Å². The van der Waals surface area contributed by atoms with Gasteiger partial charge in [-0.1, -0.05) is 19.3 Å². The molecule has 74 valence electrons. The molecular formula is C12H20O. The van der Waals surface area contributed by atoms with Crippen LogP contribution in [0.25, 0.3) is 0 Å². The molecule has 0 aliphatic heterocycles. The molecule has 0 bridgehead atoms. The fourth-order valence-electron chi connectivity index (χ4n) is 4.57. The van der Waals surface area contributed by atoms with E-state index in [-0.39, 0.29) is 6.10 Å². The summed E-state index contributed by atoms with van der Waals surface area (Å²) >= 11 is 0. The van der Waals surface area contributed by atoms with Gasteiger partial charge in [-0.15, -0.1) is 0 Å². The zero-order chi connectivity index (χ0) is 8.94. The number of hydrogen-bond donors (Lipinski definition) is 1. The molecule has 0 aromatic rings. The van der Waals surface area contributed by atoms with Gasteiger partial charge in [-0.3, -0.25) is 0 Å². The minimum atomic E-state index is 0.0475. The second-order valence-corrected chi connectivity index (χ2v) is 5.55. The topological polar surface area (TPSA) is 20.2 Å². The first-order valence-electron chi connectivity index (χ1n) is 5.97. The Hall–Kier alpha value is -0.0400. The predicted molar refractivity (Wildman–Crippen MR) is 52.4 cm³/mol. The van der Waals surface area contributed by atoms with Crippen molar-refractivity contribution in [2.45, 2.75) is 63.9 Å². The Morgan fingerprint density at radius 2 is 1.69 bits per heavy atom. The molecule has 3 fully saturated rings. The van der Waals surface area contributed by atoms with Crippen molar-refractivity contribution in [1.29, 1.82) is 0 Å². The summed E-state index contributed by atoms with van der Waals surface area (Å²) in [5.74, 6) is 0. The summed E-state index contributed by atoms with van der Waals surface area (Å²) in [6.07, 6.45) is 12.1. The Morgan fingerprint density at radius 1 is 0.846 bits per heavy atom. The van der Waals surface area contributed by atoms with Crippen LogP contribution in [0.3, 0.4) is 0 Å². The van der Waals surface area contributed by atoms with Gasteiger partial charge in [0, 0.05) is 5.41 Å². The third-order valence-electron chi connectivity index (χ3n) is 5.40. The van der Waals surface area contributed by atoms with E-state index in [1.807, 2.05) is 0 Å². The largest absolute Gasteiger partial charge is 0.393 e. The van der Waals surface area contributed by atoms with Crippen LogP contribution in [0.1, 0.15) is 57.8 Å². The Morgan fingerprint density at radius 3 is 2.46 bits per heavy atom. The fraction of sp³-hybridized carbons (Fsp3) is 1.00. The molecule has 1 heteroatoms. The third kappa shape index (κ3) is 0.823. The summed E-state index contributed by atoms with van der Waals surface area (Å²) in [6, 6.07) is 0. The Bertz CT molecular complexity index is 225. The van der Waals surface area contributed by atoms with Crippen molar-refractivity contribution in [1.82, 2.24) is 0 Å². The molecule has 3 aliphatic rings. The minimum Gasteiger partial charge on any atom is -0.393 e. The van der Waals surface area contributed by atoms with Crippen molar-refractivity contribution < 1.29 is 5.11 Å². The summed E-state index contributed by atoms with van der Waals surface area (Å²) in [6.45, 7) is 0. The Balaban J connectivity index is 1.97. The molecule has 3 atom stereocenters. The number of rotatable bonds is 0. The van der Waals surface area contributed by atoms with Crippen LogP contribution in [-0.2, 0) is 0 Å². The Labute approximate surface area is 80.5 Å². The van der Waals surface area contributed by atoms with Gasteiger partial charge in [0.2, 0.25) is 0 Å². The molecule has 0 aromatic carbocycles. The van der Waals surface area contributed by atoms with Crippen molar-refractivity contribution in [2.24, 2.45) is 10.8 Å². The number of hydrogen-bond acceptors (Lipinski definition) is 1. The van der Waals surface area contributed by atoms with Gasteiger partial charge in [-0.25, -0.2) is 0 Å². The average Bonchev–Trinajstić information content (AvgIpc) is 2.32. The molecule has 0 heterocycles. The van der Waals surface area contributed by atoms with E-state index in [0.29, 0.717) is 10.8 Å². The molecule has 0 radical (unpaired) electrons. The molecule has 0 saturated heterocycles. The van der Waals surface area contributed by atoms with E-state index in [2.05, 4.69) is 0 Å². The van der Waals surface area contributed by atoms with Crippen LogP contribution in [0.15, 0.2) is 0 Å². The van der Waals surface area contributed by atoms with Gasteiger partial charge >= 0.3 is 0 Å². The molecule has 0 spiro atoms. The lowest BCUT2D eigenvalue weighted by Crippen LogP contribution is -2.53. The Kier molecular flexibility index (Phi) is 1.59. The standard InChI is InChI=1S/C12H20O/c13-10-4-1-2-5-11-6-3-7-12(10,11)9-8-11/h10,13H,1-9H2/t10-,11-,12+/m1/s1. The summed E-state index contributed by atoms with van der Waals surface area (Å²) in [4.78, 5) is 0. The summed E-state index contributed by atoms with van der Waals surface area (Å²) in [7, 11) is 0. The van der Waals surface area contributed by atoms with Gasteiger partial charge in [-0.2, -0.15) is 0 Å². The molecule has 0 aromatic heterocycles. The summed E-state index contributed by atoms with van der Waals surface area (Å²) in [5.41, 5.74) is 1.02. The zero-order valence-electron chi connectivity index (χ0n) is 8.39. The van der Waals surface area contributed by atoms with Crippen molar-refractivity contribution in [3.63, 3.8) is 0 Å². The van der Waals surface area contributed by atoms with Crippen LogP contribution in [0.2, 0.25) is 0 Å². The predicted octanol–water partition coefficient (Wildman–Crippen LogP) is 2.87. The molecule has 3 rings (SSSR count). The van der Waals surface area contributed by atoms with Gasteiger partial charge in [-0.05, 0) is 43.9 Å². The quantitative estimate of drug-likeness (QED) is 0.607. The second kappa shape index (κ2) is 2.50. The van der Waals surface area contributed by atoms with Crippen molar-refractivity contribution >= 4 is 0 Å². The lowest BCUT2D eigenvalue weighted by Gasteiger charge is -2.57. The summed E-state index contributed by atoms with van der Waals surface area (Å²) < 4.78 is 0. The smallest absolute Gasteiger partial charge is 0.0601 e. The van der Waals surface area contributed by atoms with Crippen LogP contribution in [0.4, 0.5) is 0 Å². The minimum absolute atomic E-state index is 0.0475. The first-order valence-corrected chi connectivity index (χ1v) is 5.97. The highest BCUT2D eigenvalue weighted by atomic mass is 16.3. The van der Waals surface area contributed by atoms with Gasteiger partial charge in [0.25, 0.3) is 0 Å². The maximum atomic E-state index is 10.2. The second-order valence-electron chi connectivity index (χ2n) is 5.55.